The van der Waals surface area contributed by atoms with Crippen molar-refractivity contribution in [3.63, 3.8) is 0 Å². The van der Waals surface area contributed by atoms with Gasteiger partial charge in [0.1, 0.15) is 0 Å². The third-order valence-corrected chi connectivity index (χ3v) is 4.43. The summed E-state index contributed by atoms with van der Waals surface area (Å²) in [5, 5.41) is 4.28. The predicted molar refractivity (Wildman–Crippen MR) is 93.1 cm³/mol. The van der Waals surface area contributed by atoms with Gasteiger partial charge in [-0.3, -0.25) is 9.48 Å². The minimum absolute atomic E-state index is 0. The van der Waals surface area contributed by atoms with E-state index in [1.54, 1.807) is 0 Å². The van der Waals surface area contributed by atoms with Crippen molar-refractivity contribution < 1.29 is 9.53 Å². The van der Waals surface area contributed by atoms with Gasteiger partial charge < -0.3 is 15.4 Å². The number of aryl methyl sites for hydroxylation is 1. The van der Waals surface area contributed by atoms with Gasteiger partial charge in [-0.25, -0.2) is 0 Å². The fraction of sp³-hybridized carbons (Fsp3) is 0.733. The quantitative estimate of drug-likeness (QED) is 0.879. The van der Waals surface area contributed by atoms with Gasteiger partial charge in [-0.1, -0.05) is 0 Å². The Hall–Kier alpha value is -0.820. The third kappa shape index (κ3) is 5.08. The van der Waals surface area contributed by atoms with Gasteiger partial charge in [-0.2, -0.15) is 5.10 Å². The molecule has 1 aliphatic heterocycles. The van der Waals surface area contributed by atoms with Crippen LogP contribution < -0.4 is 5.73 Å². The second-order valence-electron chi connectivity index (χ2n) is 6.29. The highest BCUT2D eigenvalue weighted by Gasteiger charge is 2.33. The van der Waals surface area contributed by atoms with Crippen molar-refractivity contribution in [3.05, 3.63) is 18.0 Å². The summed E-state index contributed by atoms with van der Waals surface area (Å²) in [6.45, 7) is 4.67. The molecule has 1 saturated heterocycles. The predicted octanol–water partition coefficient (Wildman–Crippen LogP) is 1.39. The van der Waals surface area contributed by atoms with Crippen molar-refractivity contribution in [2.45, 2.75) is 44.9 Å². The zero-order valence-electron chi connectivity index (χ0n) is 13.4. The maximum Gasteiger partial charge on any atom is 0.225 e. The summed E-state index contributed by atoms with van der Waals surface area (Å²) >= 11 is 0. The van der Waals surface area contributed by atoms with Crippen LogP contribution >= 0.6 is 24.8 Å². The van der Waals surface area contributed by atoms with Crippen molar-refractivity contribution in [1.29, 1.82) is 0 Å². The Morgan fingerprint density at radius 1 is 1.43 bits per heavy atom. The molecule has 1 aromatic heterocycles. The third-order valence-electron chi connectivity index (χ3n) is 4.43. The van der Waals surface area contributed by atoms with Crippen molar-refractivity contribution in [2.75, 3.05) is 19.7 Å². The number of hydrogen-bond donors (Lipinski definition) is 1. The van der Waals surface area contributed by atoms with E-state index in [0.29, 0.717) is 26.2 Å². The second-order valence-corrected chi connectivity index (χ2v) is 6.29. The lowest BCUT2D eigenvalue weighted by Crippen LogP contribution is -2.48. The molecule has 3 unspecified atom stereocenters. The molecule has 0 radical (unpaired) electrons. The fourth-order valence-corrected chi connectivity index (χ4v) is 3.30. The molecule has 1 amide bonds. The Balaban J connectivity index is 0.00000132. The lowest BCUT2D eigenvalue weighted by Gasteiger charge is -2.34. The Morgan fingerprint density at radius 2 is 2.22 bits per heavy atom. The van der Waals surface area contributed by atoms with Crippen molar-refractivity contribution >= 4 is 30.7 Å². The number of carbonyl (C=O) groups is 1. The Kier molecular flexibility index (Phi) is 7.80. The average molecular weight is 365 g/mol. The van der Waals surface area contributed by atoms with Crippen LogP contribution in [0.2, 0.25) is 0 Å². The molecule has 1 saturated carbocycles. The fourth-order valence-electron chi connectivity index (χ4n) is 3.30. The van der Waals surface area contributed by atoms with Crippen LogP contribution in [0.5, 0.6) is 0 Å². The molecular formula is C15H26Cl2N4O2. The van der Waals surface area contributed by atoms with Gasteiger partial charge in [0.15, 0.2) is 0 Å². The van der Waals surface area contributed by atoms with E-state index in [1.807, 2.05) is 28.9 Å². The molecule has 132 valence electrons. The molecule has 2 heterocycles. The molecular weight excluding hydrogens is 339 g/mol. The number of ether oxygens (including phenoxy) is 1. The van der Waals surface area contributed by atoms with E-state index in [9.17, 15) is 4.79 Å². The molecule has 0 bridgehead atoms. The largest absolute Gasteiger partial charge is 0.373 e. The van der Waals surface area contributed by atoms with Crippen LogP contribution in [0.4, 0.5) is 0 Å². The molecule has 2 N–H and O–H groups in total. The topological polar surface area (TPSA) is 73.4 Å². The summed E-state index contributed by atoms with van der Waals surface area (Å²) in [4.78, 5) is 14.5. The molecule has 23 heavy (non-hydrogen) atoms. The lowest BCUT2D eigenvalue weighted by molar-refractivity contribution is -0.143. The highest BCUT2D eigenvalue weighted by Crippen LogP contribution is 2.26. The number of aromatic nitrogens is 2. The van der Waals surface area contributed by atoms with Gasteiger partial charge in [-0.15, -0.1) is 24.8 Å². The van der Waals surface area contributed by atoms with Gasteiger partial charge in [0.05, 0.1) is 25.5 Å². The molecule has 6 nitrogen and oxygen atoms in total. The number of nitrogens with zero attached hydrogens (tertiary/aromatic N) is 3. The van der Waals surface area contributed by atoms with Crippen LogP contribution in [0.3, 0.4) is 0 Å². The summed E-state index contributed by atoms with van der Waals surface area (Å²) in [7, 11) is 0. The minimum Gasteiger partial charge on any atom is -0.373 e. The molecule has 0 spiro atoms. The van der Waals surface area contributed by atoms with Crippen LogP contribution in [0.25, 0.3) is 0 Å². The summed E-state index contributed by atoms with van der Waals surface area (Å²) in [6, 6.07) is 0.197. The van der Waals surface area contributed by atoms with Crippen LogP contribution in [-0.4, -0.2) is 52.4 Å². The van der Waals surface area contributed by atoms with Crippen molar-refractivity contribution in [2.24, 2.45) is 11.7 Å². The summed E-state index contributed by atoms with van der Waals surface area (Å²) in [6.07, 6.45) is 6.60. The number of halogens is 2. The maximum atomic E-state index is 12.5. The lowest BCUT2D eigenvalue weighted by atomic mass is 10.1. The molecule has 2 fully saturated rings. The van der Waals surface area contributed by atoms with E-state index in [4.69, 9.17) is 10.5 Å². The van der Waals surface area contributed by atoms with Crippen LogP contribution in [0, 0.1) is 12.8 Å². The van der Waals surface area contributed by atoms with E-state index in [2.05, 4.69) is 5.10 Å². The number of rotatable bonds is 3. The smallest absolute Gasteiger partial charge is 0.225 e. The number of morpholine rings is 1. The van der Waals surface area contributed by atoms with Gasteiger partial charge in [0.25, 0.3) is 0 Å². The van der Waals surface area contributed by atoms with Crippen molar-refractivity contribution in [3.8, 4) is 0 Å². The van der Waals surface area contributed by atoms with Crippen LogP contribution in [-0.2, 0) is 16.1 Å². The number of amides is 1. The Morgan fingerprint density at radius 3 is 2.83 bits per heavy atom. The molecule has 2 aliphatic rings. The average Bonchev–Trinajstić information content (AvgIpc) is 3.07. The normalized spacial score (nSPS) is 27.2. The molecule has 3 atom stereocenters. The monoisotopic (exact) mass is 364 g/mol. The standard InChI is InChI=1S/C15H24N4O2.2ClH/c1-11-7-17-19(8-11)10-14-9-18(4-5-21-14)15(20)12-2-3-13(16)6-12;;/h7-8,12-14H,2-6,9-10,16H2,1H3;2*1H. The Labute approximate surface area is 149 Å². The van der Waals surface area contributed by atoms with Gasteiger partial charge >= 0.3 is 0 Å². The first-order valence-corrected chi connectivity index (χ1v) is 7.77. The van der Waals surface area contributed by atoms with Crippen molar-refractivity contribution in [1.82, 2.24) is 14.7 Å². The van der Waals surface area contributed by atoms with Gasteiger partial charge in [-0.05, 0) is 31.7 Å². The molecule has 1 aliphatic carbocycles. The zero-order chi connectivity index (χ0) is 14.8. The van der Waals surface area contributed by atoms with Gasteiger partial charge in [0.2, 0.25) is 5.91 Å². The number of hydrogen-bond acceptors (Lipinski definition) is 4. The number of carbonyl (C=O) groups excluding carboxylic acids is 1. The Bertz CT molecular complexity index is 511. The van der Waals surface area contributed by atoms with E-state index in [1.165, 1.54) is 0 Å². The first-order chi connectivity index (χ1) is 10.1. The van der Waals surface area contributed by atoms with E-state index < -0.39 is 0 Å². The van der Waals surface area contributed by atoms with Crippen LogP contribution in [0.1, 0.15) is 24.8 Å². The first kappa shape index (κ1) is 20.2. The molecule has 0 aromatic carbocycles. The SMILES string of the molecule is Cc1cnn(CC2CN(C(=O)C3CCC(N)C3)CCO2)c1.Cl.Cl. The summed E-state index contributed by atoms with van der Waals surface area (Å²) < 4.78 is 7.66. The highest BCUT2D eigenvalue weighted by atomic mass is 35.5. The maximum absolute atomic E-state index is 12.5. The van der Waals surface area contributed by atoms with E-state index in [-0.39, 0.29) is 48.8 Å². The van der Waals surface area contributed by atoms with Gasteiger partial charge in [0, 0.05) is 31.2 Å². The minimum atomic E-state index is 0. The second kappa shape index (κ2) is 8.87. The summed E-state index contributed by atoms with van der Waals surface area (Å²) in [5.41, 5.74) is 7.05. The highest BCUT2D eigenvalue weighted by molar-refractivity contribution is 5.85. The van der Waals surface area contributed by atoms with Crippen LogP contribution in [0.15, 0.2) is 12.4 Å². The van der Waals surface area contributed by atoms with E-state index >= 15 is 0 Å². The van der Waals surface area contributed by atoms with E-state index in [0.717, 1.165) is 24.8 Å². The molecule has 8 heteroatoms. The zero-order valence-corrected chi connectivity index (χ0v) is 15.0. The molecule has 3 rings (SSSR count). The molecule has 1 aromatic rings. The first-order valence-electron chi connectivity index (χ1n) is 7.77. The number of nitrogens with two attached hydrogens (primary N) is 1. The summed E-state index contributed by atoms with van der Waals surface area (Å²) in [5.74, 6) is 0.374.